The van der Waals surface area contributed by atoms with Gasteiger partial charge in [0.25, 0.3) is 5.91 Å². The Kier molecular flexibility index (Phi) is 6.91. The highest BCUT2D eigenvalue weighted by Crippen LogP contribution is 2.39. The van der Waals surface area contributed by atoms with Crippen LogP contribution in [0.4, 0.5) is 10.2 Å². The Morgan fingerprint density at radius 1 is 1.17 bits per heavy atom. The van der Waals surface area contributed by atoms with Crippen molar-refractivity contribution < 1.29 is 17.6 Å². The van der Waals surface area contributed by atoms with Crippen molar-refractivity contribution in [1.82, 2.24) is 25.6 Å². The second-order valence-corrected chi connectivity index (χ2v) is 13.1. The molecule has 1 saturated carbocycles. The van der Waals surface area contributed by atoms with Gasteiger partial charge in [0.05, 0.1) is 28.3 Å². The average molecular weight is 595 g/mol. The Balaban J connectivity index is 1.24. The molecule has 2 fully saturated rings. The summed E-state index contributed by atoms with van der Waals surface area (Å²) in [7, 11) is -3.47. The maximum absolute atomic E-state index is 15.0. The van der Waals surface area contributed by atoms with Crippen LogP contribution in [0.5, 0.6) is 0 Å². The summed E-state index contributed by atoms with van der Waals surface area (Å²) in [5.41, 5.74) is 2.72. The first-order valence-corrected chi connectivity index (χ1v) is 15.5. The molecule has 0 atom stereocenters. The van der Waals surface area contributed by atoms with E-state index in [-0.39, 0.29) is 33.3 Å². The average Bonchev–Trinajstić information content (AvgIpc) is 3.70. The van der Waals surface area contributed by atoms with Gasteiger partial charge in [-0.3, -0.25) is 9.78 Å². The minimum Gasteiger partial charge on any atom is -0.353 e. The fourth-order valence-electron chi connectivity index (χ4n) is 5.16. The van der Waals surface area contributed by atoms with Gasteiger partial charge < -0.3 is 15.5 Å². The maximum Gasteiger partial charge on any atom is 0.251 e. The summed E-state index contributed by atoms with van der Waals surface area (Å²) in [5.74, 6) is -0.447. The van der Waals surface area contributed by atoms with Gasteiger partial charge in [0.1, 0.15) is 22.4 Å². The Labute approximate surface area is 242 Å². The molecule has 1 amide bonds. The lowest BCUT2D eigenvalue weighted by Gasteiger charge is -2.35. The van der Waals surface area contributed by atoms with Gasteiger partial charge in [0.2, 0.25) is 0 Å². The predicted molar refractivity (Wildman–Crippen MR) is 155 cm³/mol. The molecule has 2 N–H and O–H groups in total. The Bertz CT molecular complexity index is 1810. The summed E-state index contributed by atoms with van der Waals surface area (Å²) < 4.78 is 39.1. The van der Waals surface area contributed by atoms with Crippen LogP contribution < -0.4 is 15.5 Å². The summed E-state index contributed by atoms with van der Waals surface area (Å²) >= 11 is 6.38. The molecule has 0 unspecified atom stereocenters. The number of halogens is 2. The highest BCUT2D eigenvalue weighted by molar-refractivity contribution is 7.90. The molecule has 1 aliphatic heterocycles. The van der Waals surface area contributed by atoms with Crippen LogP contribution in [0.1, 0.15) is 34.5 Å². The molecule has 1 aromatic carbocycles. The van der Waals surface area contributed by atoms with Crippen LogP contribution in [0.15, 0.2) is 53.6 Å². The summed E-state index contributed by atoms with van der Waals surface area (Å²) in [4.78, 5) is 28.8. The lowest BCUT2D eigenvalue weighted by atomic mass is 10.1. The molecule has 4 heterocycles. The van der Waals surface area contributed by atoms with Crippen LogP contribution in [-0.2, 0) is 16.4 Å². The van der Waals surface area contributed by atoms with Gasteiger partial charge in [-0.05, 0) is 55.7 Å². The number of anilines is 1. The van der Waals surface area contributed by atoms with E-state index in [1.54, 1.807) is 37.4 Å². The summed E-state index contributed by atoms with van der Waals surface area (Å²) in [6, 6.07) is 11.2. The van der Waals surface area contributed by atoms with Gasteiger partial charge >= 0.3 is 0 Å². The quantitative estimate of drug-likeness (QED) is 0.343. The van der Waals surface area contributed by atoms with Crippen molar-refractivity contribution in [1.29, 1.82) is 0 Å². The highest BCUT2D eigenvalue weighted by Gasteiger charge is 2.45. The molecular weight excluding hydrogens is 567 g/mol. The summed E-state index contributed by atoms with van der Waals surface area (Å²) in [6.07, 6.45) is 4.95. The molecular formula is C29H28ClFN6O3S. The number of aromatic nitrogens is 3. The third-order valence-electron chi connectivity index (χ3n) is 7.61. The molecule has 3 aromatic heterocycles. The van der Waals surface area contributed by atoms with Crippen molar-refractivity contribution in [2.45, 2.75) is 36.7 Å². The largest absolute Gasteiger partial charge is 0.353 e. The first kappa shape index (κ1) is 27.5. The van der Waals surface area contributed by atoms with Crippen molar-refractivity contribution in [2.75, 3.05) is 30.8 Å². The Hall–Kier alpha value is -3.67. The number of nitrogens with zero attached hydrogens (tertiary/aromatic N) is 4. The molecule has 1 aliphatic carbocycles. The van der Waals surface area contributed by atoms with E-state index in [4.69, 9.17) is 21.6 Å². The fourth-order valence-corrected chi connectivity index (χ4v) is 6.34. The second kappa shape index (κ2) is 10.3. The number of nitrogens with one attached hydrogen (secondary N) is 2. The van der Waals surface area contributed by atoms with E-state index in [9.17, 15) is 17.6 Å². The van der Waals surface area contributed by atoms with Gasteiger partial charge in [-0.15, -0.1) is 0 Å². The number of carbonyl (C=O) groups excluding carboxylic acids is 1. The smallest absolute Gasteiger partial charge is 0.251 e. The van der Waals surface area contributed by atoms with E-state index in [1.807, 2.05) is 6.07 Å². The number of carbonyl (C=O) groups is 1. The second-order valence-electron chi connectivity index (χ2n) is 10.8. The molecule has 1 saturated heterocycles. The monoisotopic (exact) mass is 594 g/mol. The van der Waals surface area contributed by atoms with Crippen molar-refractivity contribution in [3.05, 3.63) is 76.3 Å². The number of sulfone groups is 1. The van der Waals surface area contributed by atoms with Crippen molar-refractivity contribution >= 4 is 44.1 Å². The van der Waals surface area contributed by atoms with Crippen molar-refractivity contribution in [3.63, 3.8) is 0 Å². The number of aryl methyl sites for hydroxylation is 1. The fraction of sp³-hybridized carbons (Fsp3) is 0.310. The first-order chi connectivity index (χ1) is 19.5. The molecule has 0 radical (unpaired) electrons. The molecule has 1 spiro atoms. The van der Waals surface area contributed by atoms with E-state index in [0.717, 1.165) is 44.1 Å². The Morgan fingerprint density at radius 2 is 1.98 bits per heavy atom. The van der Waals surface area contributed by atoms with Gasteiger partial charge in [0, 0.05) is 54.6 Å². The molecule has 41 heavy (non-hydrogen) atoms. The third kappa shape index (κ3) is 5.61. The predicted octanol–water partition coefficient (Wildman–Crippen LogP) is 4.07. The van der Waals surface area contributed by atoms with Crippen LogP contribution in [0.3, 0.4) is 0 Å². The summed E-state index contributed by atoms with van der Waals surface area (Å²) in [6.45, 7) is 4.07. The first-order valence-electron chi connectivity index (χ1n) is 13.2. The minimum atomic E-state index is -3.47. The van der Waals surface area contributed by atoms with Crippen LogP contribution in [-0.4, -0.2) is 60.7 Å². The van der Waals surface area contributed by atoms with Crippen LogP contribution >= 0.6 is 11.6 Å². The number of hydrogen-bond acceptors (Lipinski definition) is 8. The topological polar surface area (TPSA) is 117 Å². The number of hydrogen-bond donors (Lipinski definition) is 2. The van der Waals surface area contributed by atoms with Crippen LogP contribution in [0, 0.1) is 12.7 Å². The SMILES string of the molecule is Cc1ccc(C(=O)NCc2cc3nc(-c4nc(N5CCNC6(CC6)C5)cc(F)c4Cl)ccc3cn2)cc1S(C)(=O)=O. The third-order valence-corrected chi connectivity index (χ3v) is 9.20. The molecule has 9 nitrogen and oxygen atoms in total. The zero-order valence-corrected chi connectivity index (χ0v) is 24.1. The van der Waals surface area contributed by atoms with Gasteiger partial charge in [0.15, 0.2) is 9.84 Å². The normalized spacial score (nSPS) is 16.2. The number of pyridine rings is 3. The zero-order chi connectivity index (χ0) is 28.9. The maximum atomic E-state index is 15.0. The highest BCUT2D eigenvalue weighted by atomic mass is 35.5. The molecule has 6 rings (SSSR count). The summed E-state index contributed by atoms with van der Waals surface area (Å²) in [5, 5.41) is 6.99. The van der Waals surface area contributed by atoms with E-state index in [2.05, 4.69) is 20.5 Å². The van der Waals surface area contributed by atoms with Crippen molar-refractivity contribution in [3.8, 4) is 11.4 Å². The number of benzene rings is 1. The van der Waals surface area contributed by atoms with E-state index >= 15 is 0 Å². The standard InChI is InChI=1S/C29H28ClFN6O3S/c1-17-3-4-18(11-24(17)41(2,39)40)28(38)33-15-20-12-23-19(14-32-20)5-6-22(35-23)27-26(30)21(31)13-25(36-27)37-10-9-34-29(16-37)7-8-29/h3-6,11-14,34H,7-10,15-16H2,1-2H3,(H,33,38). The van der Waals surface area contributed by atoms with Gasteiger partial charge in [-0.25, -0.2) is 22.8 Å². The zero-order valence-electron chi connectivity index (χ0n) is 22.5. The van der Waals surface area contributed by atoms with Crippen molar-refractivity contribution in [2.24, 2.45) is 0 Å². The van der Waals surface area contributed by atoms with E-state index in [1.165, 1.54) is 12.1 Å². The molecule has 2 aliphatic rings. The number of piperazine rings is 1. The van der Waals surface area contributed by atoms with Gasteiger partial charge in [-0.1, -0.05) is 17.7 Å². The minimum absolute atomic E-state index is 0.0926. The molecule has 4 aromatic rings. The molecule has 12 heteroatoms. The lowest BCUT2D eigenvalue weighted by molar-refractivity contribution is 0.0950. The molecule has 212 valence electrons. The van der Waals surface area contributed by atoms with Crippen LogP contribution in [0.25, 0.3) is 22.3 Å². The Morgan fingerprint density at radius 3 is 2.73 bits per heavy atom. The van der Waals surface area contributed by atoms with Crippen LogP contribution in [0.2, 0.25) is 5.02 Å². The molecule has 0 bridgehead atoms. The number of fused-ring (bicyclic) bond motifs is 1. The number of rotatable bonds is 6. The lowest BCUT2D eigenvalue weighted by Crippen LogP contribution is -2.52. The van der Waals surface area contributed by atoms with Gasteiger partial charge in [-0.2, -0.15) is 0 Å². The number of amides is 1. The van der Waals surface area contributed by atoms with E-state index < -0.39 is 21.6 Å². The van der Waals surface area contributed by atoms with E-state index in [0.29, 0.717) is 28.3 Å².